The molecule has 10 nitrogen and oxygen atoms in total. The Labute approximate surface area is 248 Å². The number of hydrogen-bond acceptors (Lipinski definition) is 8. The monoisotopic (exact) mass is 611 g/mol. The van der Waals surface area contributed by atoms with Crippen LogP contribution in [0.5, 0.6) is 5.75 Å². The highest BCUT2D eigenvalue weighted by atomic mass is 32.2. The van der Waals surface area contributed by atoms with Crippen LogP contribution in [0, 0.1) is 17.6 Å². The number of rotatable bonds is 9. The van der Waals surface area contributed by atoms with E-state index in [9.17, 15) is 17.2 Å². The van der Waals surface area contributed by atoms with Gasteiger partial charge < -0.3 is 20.1 Å². The van der Waals surface area contributed by atoms with Gasteiger partial charge in [-0.2, -0.15) is 0 Å². The molecule has 4 aromatic rings. The van der Waals surface area contributed by atoms with Gasteiger partial charge in [0, 0.05) is 23.0 Å². The molecule has 1 aliphatic rings. The second kappa shape index (κ2) is 14.5. The lowest BCUT2D eigenvalue weighted by Gasteiger charge is -2.28. The van der Waals surface area contributed by atoms with E-state index in [0.29, 0.717) is 35.3 Å². The lowest BCUT2D eigenvalue weighted by Crippen LogP contribution is -2.32. The lowest BCUT2D eigenvalue weighted by molar-refractivity contribution is -0.122. The first-order valence-electron chi connectivity index (χ1n) is 13.3. The minimum absolute atomic E-state index is 0.223. The third kappa shape index (κ3) is 8.69. The molecule has 1 aliphatic heterocycles. The Morgan fingerprint density at radius 2 is 1.65 bits per heavy atom. The summed E-state index contributed by atoms with van der Waals surface area (Å²) in [6.07, 6.45) is 3.45. The predicted octanol–water partition coefficient (Wildman–Crippen LogP) is 5.39. The van der Waals surface area contributed by atoms with Gasteiger partial charge in [-0.1, -0.05) is 12.1 Å². The summed E-state index contributed by atoms with van der Waals surface area (Å²) in [4.78, 5) is 18.7. The van der Waals surface area contributed by atoms with Crippen molar-refractivity contribution >= 4 is 33.7 Å². The highest BCUT2D eigenvalue weighted by Gasteiger charge is 2.19. The average Bonchev–Trinajstić information content (AvgIpc) is 2.99. The summed E-state index contributed by atoms with van der Waals surface area (Å²) in [5.41, 5.74) is 1.99. The second-order valence-corrected chi connectivity index (χ2v) is 11.5. The lowest BCUT2D eigenvalue weighted by atomic mass is 9.98. The summed E-state index contributed by atoms with van der Waals surface area (Å²) in [6, 6.07) is 18.0. The quantitative estimate of drug-likeness (QED) is 0.213. The third-order valence-electron chi connectivity index (χ3n) is 6.74. The van der Waals surface area contributed by atoms with Crippen LogP contribution in [0.4, 0.5) is 26.0 Å². The number of sulfonamides is 1. The smallest absolute Gasteiger partial charge is 0.290 e. The molecule has 0 radical (unpaired) electrons. The molecular formula is C30H31F2N5O5S. The number of nitrogens with one attached hydrogen (secondary N) is 2. The number of carboxylic acid groups (broad SMARTS) is 1. The molecule has 3 N–H and O–H groups in total. The maximum Gasteiger partial charge on any atom is 0.290 e. The van der Waals surface area contributed by atoms with Gasteiger partial charge in [0.2, 0.25) is 0 Å². The molecule has 0 spiro atoms. The molecule has 1 saturated heterocycles. The van der Waals surface area contributed by atoms with E-state index >= 15 is 0 Å². The molecule has 2 heterocycles. The maximum atomic E-state index is 14.8. The molecule has 43 heavy (non-hydrogen) atoms. The first kappa shape index (κ1) is 31.3. The molecule has 0 atom stereocenters. The van der Waals surface area contributed by atoms with E-state index in [1.165, 1.54) is 30.6 Å². The van der Waals surface area contributed by atoms with Gasteiger partial charge in [0.05, 0.1) is 12.3 Å². The van der Waals surface area contributed by atoms with Crippen LogP contribution < -0.4 is 14.8 Å². The highest BCUT2D eigenvalue weighted by Crippen LogP contribution is 2.28. The molecule has 0 amide bonds. The number of hydrogen-bond donors (Lipinski definition) is 3. The molecule has 226 valence electrons. The van der Waals surface area contributed by atoms with Gasteiger partial charge in [-0.05, 0) is 93.5 Å². The van der Waals surface area contributed by atoms with E-state index in [4.69, 9.17) is 14.6 Å². The fourth-order valence-corrected chi connectivity index (χ4v) is 5.58. The number of nitrogens with zero attached hydrogens (tertiary/aromatic N) is 3. The second-order valence-electron chi connectivity index (χ2n) is 9.84. The van der Waals surface area contributed by atoms with E-state index in [2.05, 4.69) is 32.0 Å². The summed E-state index contributed by atoms with van der Waals surface area (Å²) in [7, 11) is -1.98. The van der Waals surface area contributed by atoms with Gasteiger partial charge in [-0.3, -0.25) is 9.52 Å². The Hall–Kier alpha value is -4.62. The van der Waals surface area contributed by atoms with Crippen molar-refractivity contribution in [1.29, 1.82) is 0 Å². The first-order valence-corrected chi connectivity index (χ1v) is 14.8. The van der Waals surface area contributed by atoms with E-state index in [-0.39, 0.29) is 17.9 Å². The topological polar surface area (TPSA) is 134 Å². The average molecular weight is 612 g/mol. The zero-order chi connectivity index (χ0) is 30.8. The fraction of sp³-hybridized carbons (Fsp3) is 0.233. The van der Waals surface area contributed by atoms with Gasteiger partial charge >= 0.3 is 0 Å². The Morgan fingerprint density at radius 1 is 0.977 bits per heavy atom. The zero-order valence-electron chi connectivity index (χ0n) is 23.3. The summed E-state index contributed by atoms with van der Waals surface area (Å²) in [6.45, 7) is 2.30. The van der Waals surface area contributed by atoms with Crippen LogP contribution >= 0.6 is 0 Å². The van der Waals surface area contributed by atoms with Crippen LogP contribution in [-0.4, -0.2) is 61.6 Å². The number of aromatic nitrogens is 2. The van der Waals surface area contributed by atoms with E-state index in [1.807, 2.05) is 0 Å². The van der Waals surface area contributed by atoms with Crippen LogP contribution in [0.3, 0.4) is 0 Å². The van der Waals surface area contributed by atoms with Gasteiger partial charge in [0.25, 0.3) is 16.5 Å². The summed E-state index contributed by atoms with van der Waals surface area (Å²) < 4.78 is 61.9. The fourth-order valence-electron chi connectivity index (χ4n) is 4.44. The number of piperidine rings is 1. The van der Waals surface area contributed by atoms with E-state index < -0.39 is 26.6 Å². The number of halogens is 2. The predicted molar refractivity (Wildman–Crippen MR) is 159 cm³/mol. The van der Waals surface area contributed by atoms with Crippen molar-refractivity contribution in [3.8, 4) is 17.0 Å². The third-order valence-corrected chi connectivity index (χ3v) is 8.16. The Morgan fingerprint density at radius 3 is 2.33 bits per heavy atom. The maximum absolute atomic E-state index is 14.8. The minimum atomic E-state index is -4.08. The van der Waals surface area contributed by atoms with Crippen molar-refractivity contribution in [3.63, 3.8) is 0 Å². The van der Waals surface area contributed by atoms with Crippen molar-refractivity contribution < 1.29 is 31.8 Å². The van der Waals surface area contributed by atoms with Gasteiger partial charge in [-0.15, -0.1) is 0 Å². The molecule has 0 aliphatic carbocycles. The first-order chi connectivity index (χ1) is 20.7. The standard InChI is InChI=1S/C29H29F2N5O3S.CH2O2/c1-36-14-12-20(13-15-36)18-39-27-11-6-21(16-25(27)31)26-17-29(33-19-32-26)34-22-7-9-23(10-8-22)35-40(37,38)28-5-3-2-4-24(28)30;2-1-3/h2-11,16-17,19-20,35H,12-15,18H2,1H3,(H,32,33,34);1H,(H,2,3). The number of benzene rings is 3. The number of ether oxygens (including phenoxy) is 1. The van der Waals surface area contributed by atoms with Gasteiger partial charge in [0.15, 0.2) is 11.6 Å². The van der Waals surface area contributed by atoms with Crippen molar-refractivity contribution in [2.45, 2.75) is 17.7 Å². The number of carbonyl (C=O) groups is 1. The summed E-state index contributed by atoms with van der Waals surface area (Å²) in [5.74, 6) is -0.171. The van der Waals surface area contributed by atoms with Crippen LogP contribution in [-0.2, 0) is 14.8 Å². The number of anilines is 3. The van der Waals surface area contributed by atoms with Gasteiger partial charge in [0.1, 0.15) is 22.9 Å². The van der Waals surface area contributed by atoms with E-state index in [1.54, 1.807) is 42.5 Å². The minimum Gasteiger partial charge on any atom is -0.490 e. The Balaban J connectivity index is 0.00000135. The van der Waals surface area contributed by atoms with Crippen molar-refractivity contribution in [2.75, 3.05) is 36.8 Å². The normalized spacial score (nSPS) is 13.8. The molecule has 1 aromatic heterocycles. The van der Waals surface area contributed by atoms with Crippen LogP contribution in [0.2, 0.25) is 0 Å². The molecular weight excluding hydrogens is 580 g/mol. The molecule has 0 saturated carbocycles. The number of likely N-dealkylation sites (tertiary alicyclic amines) is 1. The molecule has 3 aromatic carbocycles. The molecule has 5 rings (SSSR count). The van der Waals surface area contributed by atoms with Crippen LogP contribution in [0.25, 0.3) is 11.3 Å². The largest absolute Gasteiger partial charge is 0.490 e. The van der Waals surface area contributed by atoms with Gasteiger partial charge in [-0.25, -0.2) is 27.2 Å². The van der Waals surface area contributed by atoms with Crippen molar-refractivity contribution in [2.24, 2.45) is 5.92 Å². The highest BCUT2D eigenvalue weighted by molar-refractivity contribution is 7.92. The van der Waals surface area contributed by atoms with Crippen LogP contribution in [0.1, 0.15) is 12.8 Å². The molecule has 13 heteroatoms. The Kier molecular flexibility index (Phi) is 10.6. The summed E-state index contributed by atoms with van der Waals surface area (Å²) >= 11 is 0. The van der Waals surface area contributed by atoms with E-state index in [0.717, 1.165) is 32.0 Å². The van der Waals surface area contributed by atoms with Crippen molar-refractivity contribution in [3.05, 3.63) is 90.8 Å². The van der Waals surface area contributed by atoms with Crippen molar-refractivity contribution in [1.82, 2.24) is 14.9 Å². The molecule has 0 bridgehead atoms. The SMILES string of the molecule is CN1CCC(COc2ccc(-c3cc(Nc4ccc(NS(=O)(=O)c5ccccc5F)cc4)ncn3)cc2F)CC1.O=CO. The molecule has 0 unspecified atom stereocenters. The Bertz CT molecular complexity index is 1630. The summed E-state index contributed by atoms with van der Waals surface area (Å²) in [5, 5.41) is 10.0. The molecule has 1 fully saturated rings. The van der Waals surface area contributed by atoms with Crippen LogP contribution in [0.15, 0.2) is 84.0 Å². The zero-order valence-corrected chi connectivity index (χ0v) is 24.1.